The molecule has 0 aliphatic carbocycles. The zero-order valence-corrected chi connectivity index (χ0v) is 12.1. The number of nitrogens with one attached hydrogen (secondary N) is 1. The van der Waals surface area contributed by atoms with Crippen LogP contribution in [0.4, 0.5) is 5.69 Å². The van der Waals surface area contributed by atoms with Crippen molar-refractivity contribution in [1.82, 2.24) is 9.78 Å². The van der Waals surface area contributed by atoms with Crippen LogP contribution in [0, 0.1) is 0 Å². The van der Waals surface area contributed by atoms with E-state index in [1.54, 1.807) is 24.3 Å². The Morgan fingerprint density at radius 2 is 2.00 bits per heavy atom. The first-order chi connectivity index (χ1) is 9.51. The lowest BCUT2D eigenvalue weighted by atomic mass is 10.3. The second kappa shape index (κ2) is 6.25. The van der Waals surface area contributed by atoms with Gasteiger partial charge in [-0.05, 0) is 30.7 Å². The predicted molar refractivity (Wildman–Crippen MR) is 76.2 cm³/mol. The summed E-state index contributed by atoms with van der Waals surface area (Å²) in [6.07, 6.45) is 3.22. The van der Waals surface area contributed by atoms with Crippen molar-refractivity contribution in [2.45, 2.75) is 17.9 Å². The van der Waals surface area contributed by atoms with Crippen LogP contribution in [0.5, 0.6) is 0 Å². The molecule has 0 aliphatic rings. The molecule has 20 heavy (non-hydrogen) atoms. The molecule has 0 saturated carbocycles. The highest BCUT2D eigenvalue weighted by Crippen LogP contribution is 2.18. The average Bonchev–Trinajstić information content (AvgIpc) is 2.88. The fourth-order valence-electron chi connectivity index (χ4n) is 1.57. The van der Waals surface area contributed by atoms with E-state index < -0.39 is 10.0 Å². The van der Waals surface area contributed by atoms with Gasteiger partial charge in [-0.25, -0.2) is 8.42 Å². The highest BCUT2D eigenvalue weighted by atomic mass is 35.5. The summed E-state index contributed by atoms with van der Waals surface area (Å²) in [4.78, 5) is 0.0744. The van der Waals surface area contributed by atoms with Gasteiger partial charge in [0.1, 0.15) is 4.90 Å². The van der Waals surface area contributed by atoms with Crippen molar-refractivity contribution in [3.63, 3.8) is 0 Å². The zero-order chi connectivity index (χ0) is 14.6. The third kappa shape index (κ3) is 3.72. The maximum Gasteiger partial charge on any atom is 0.265 e. The van der Waals surface area contributed by atoms with Gasteiger partial charge in [0.25, 0.3) is 10.0 Å². The van der Waals surface area contributed by atoms with Crippen LogP contribution in [0.2, 0.25) is 5.02 Å². The molecule has 2 rings (SSSR count). The molecule has 6 nitrogen and oxygen atoms in total. The number of rotatable bonds is 6. The van der Waals surface area contributed by atoms with Crippen molar-refractivity contribution in [3.8, 4) is 0 Å². The van der Waals surface area contributed by atoms with Gasteiger partial charge in [0, 0.05) is 30.1 Å². The largest absolute Gasteiger partial charge is 0.396 e. The Hall–Kier alpha value is -1.57. The lowest BCUT2D eigenvalue weighted by molar-refractivity contribution is 0.277. The summed E-state index contributed by atoms with van der Waals surface area (Å²) in [6, 6.07) is 6.36. The standard InChI is InChI=1S/C12H14ClN3O3S/c13-10-2-4-11(5-3-10)15-20(18,19)12-8-14-16(9-12)6-1-7-17/h2-5,8-9,15,17H,1,6-7H2. The van der Waals surface area contributed by atoms with Gasteiger partial charge in [0.05, 0.1) is 6.20 Å². The Morgan fingerprint density at radius 3 is 2.65 bits per heavy atom. The average molecular weight is 316 g/mol. The van der Waals surface area contributed by atoms with Crippen molar-refractivity contribution in [2.24, 2.45) is 0 Å². The van der Waals surface area contributed by atoms with Gasteiger partial charge in [-0.1, -0.05) is 11.6 Å². The van der Waals surface area contributed by atoms with Crippen molar-refractivity contribution in [2.75, 3.05) is 11.3 Å². The number of hydrogen-bond donors (Lipinski definition) is 2. The van der Waals surface area contributed by atoms with E-state index in [1.807, 2.05) is 0 Å². The first-order valence-corrected chi connectivity index (χ1v) is 7.79. The first-order valence-electron chi connectivity index (χ1n) is 5.93. The summed E-state index contributed by atoms with van der Waals surface area (Å²) < 4.78 is 28.2. The molecular weight excluding hydrogens is 302 g/mol. The fourth-order valence-corrected chi connectivity index (χ4v) is 2.71. The van der Waals surface area contributed by atoms with Gasteiger partial charge in [0.2, 0.25) is 0 Å². The molecule has 2 aromatic rings. The van der Waals surface area contributed by atoms with Gasteiger partial charge >= 0.3 is 0 Å². The molecule has 1 heterocycles. The van der Waals surface area contributed by atoms with Gasteiger partial charge in [-0.15, -0.1) is 0 Å². The second-order valence-electron chi connectivity index (χ2n) is 4.13. The van der Waals surface area contributed by atoms with Gasteiger partial charge in [0.15, 0.2) is 0 Å². The van der Waals surface area contributed by atoms with Crippen LogP contribution in [0.1, 0.15) is 6.42 Å². The van der Waals surface area contributed by atoms with Crippen LogP contribution in [-0.4, -0.2) is 29.9 Å². The van der Waals surface area contributed by atoms with E-state index in [9.17, 15) is 8.42 Å². The molecule has 0 radical (unpaired) electrons. The summed E-state index contributed by atoms with van der Waals surface area (Å²) in [7, 11) is -3.67. The van der Waals surface area contributed by atoms with E-state index in [2.05, 4.69) is 9.82 Å². The molecule has 0 spiro atoms. The third-order valence-corrected chi connectivity index (χ3v) is 4.15. The van der Waals surface area contributed by atoms with Crippen LogP contribution in [-0.2, 0) is 16.6 Å². The van der Waals surface area contributed by atoms with Crippen LogP contribution >= 0.6 is 11.6 Å². The molecule has 0 atom stereocenters. The molecule has 0 aliphatic heterocycles. The van der Waals surface area contributed by atoms with Crippen molar-refractivity contribution >= 4 is 27.3 Å². The number of halogens is 1. The molecular formula is C12H14ClN3O3S. The summed E-state index contributed by atoms with van der Waals surface area (Å²) in [5.74, 6) is 0. The van der Waals surface area contributed by atoms with Crippen molar-refractivity contribution < 1.29 is 13.5 Å². The fraction of sp³-hybridized carbons (Fsp3) is 0.250. The number of anilines is 1. The number of aromatic nitrogens is 2. The minimum atomic E-state index is -3.67. The lowest BCUT2D eigenvalue weighted by Crippen LogP contribution is -2.12. The summed E-state index contributed by atoms with van der Waals surface area (Å²) >= 11 is 5.74. The van der Waals surface area contributed by atoms with Crippen molar-refractivity contribution in [1.29, 1.82) is 0 Å². The highest BCUT2D eigenvalue weighted by Gasteiger charge is 2.16. The van der Waals surface area contributed by atoms with Gasteiger partial charge in [-0.2, -0.15) is 5.10 Å². The maximum absolute atomic E-state index is 12.1. The Balaban J connectivity index is 2.13. The Bertz CT molecular complexity index is 668. The monoisotopic (exact) mass is 315 g/mol. The number of hydrogen-bond acceptors (Lipinski definition) is 4. The molecule has 1 aromatic heterocycles. The number of aryl methyl sites for hydroxylation is 1. The quantitative estimate of drug-likeness (QED) is 0.850. The van der Waals surface area contributed by atoms with Crippen LogP contribution < -0.4 is 4.72 Å². The van der Waals surface area contributed by atoms with E-state index in [0.717, 1.165) is 0 Å². The predicted octanol–water partition coefficient (Wildman–Crippen LogP) is 1.72. The highest BCUT2D eigenvalue weighted by molar-refractivity contribution is 7.92. The number of aliphatic hydroxyl groups is 1. The first kappa shape index (κ1) is 14.8. The molecule has 0 saturated heterocycles. The zero-order valence-electron chi connectivity index (χ0n) is 10.5. The molecule has 0 unspecified atom stereocenters. The molecule has 0 bridgehead atoms. The van der Waals surface area contributed by atoms with Gasteiger partial charge in [-0.3, -0.25) is 9.40 Å². The second-order valence-corrected chi connectivity index (χ2v) is 6.25. The van der Waals surface area contributed by atoms with E-state index in [0.29, 0.717) is 23.7 Å². The number of nitrogens with zero attached hydrogens (tertiary/aromatic N) is 2. The summed E-state index contributed by atoms with van der Waals surface area (Å²) in [5, 5.41) is 13.2. The number of aliphatic hydroxyl groups excluding tert-OH is 1. The SMILES string of the molecule is O=S(=O)(Nc1ccc(Cl)cc1)c1cnn(CCCO)c1. The number of sulfonamides is 1. The Kier molecular flexibility index (Phi) is 4.64. The van der Waals surface area contributed by atoms with Crippen LogP contribution in [0.25, 0.3) is 0 Å². The molecule has 1 aromatic carbocycles. The molecule has 108 valence electrons. The maximum atomic E-state index is 12.1. The molecule has 0 amide bonds. The Labute approximate surface area is 122 Å². The lowest BCUT2D eigenvalue weighted by Gasteiger charge is -2.05. The van der Waals surface area contributed by atoms with Gasteiger partial charge < -0.3 is 5.11 Å². The molecule has 8 heteroatoms. The van der Waals surface area contributed by atoms with Crippen molar-refractivity contribution in [3.05, 3.63) is 41.7 Å². The molecule has 2 N–H and O–H groups in total. The Morgan fingerprint density at radius 1 is 1.30 bits per heavy atom. The van der Waals surface area contributed by atoms with Crippen LogP contribution in [0.3, 0.4) is 0 Å². The van der Waals surface area contributed by atoms with E-state index >= 15 is 0 Å². The van der Waals surface area contributed by atoms with E-state index in [4.69, 9.17) is 16.7 Å². The third-order valence-electron chi connectivity index (χ3n) is 2.56. The number of benzene rings is 1. The topological polar surface area (TPSA) is 84.2 Å². The smallest absolute Gasteiger partial charge is 0.265 e. The minimum absolute atomic E-state index is 0.0327. The van der Waals surface area contributed by atoms with E-state index in [-0.39, 0.29) is 11.5 Å². The molecule has 0 fully saturated rings. The van der Waals surface area contributed by atoms with Crippen LogP contribution in [0.15, 0.2) is 41.6 Å². The normalized spacial score (nSPS) is 11.5. The minimum Gasteiger partial charge on any atom is -0.396 e. The van der Waals surface area contributed by atoms with E-state index in [1.165, 1.54) is 17.1 Å². The summed E-state index contributed by atoms with van der Waals surface area (Å²) in [6.45, 7) is 0.498. The summed E-state index contributed by atoms with van der Waals surface area (Å²) in [5.41, 5.74) is 0.428.